The minimum atomic E-state index is -3.26. The van der Waals surface area contributed by atoms with Gasteiger partial charge in [0.2, 0.25) is 0 Å². The highest BCUT2D eigenvalue weighted by Crippen LogP contribution is 2.28. The third kappa shape index (κ3) is 6.38. The number of carbonyl (C=O) groups is 1. The zero-order chi connectivity index (χ0) is 24.9. The number of ketones is 1. The number of hydrogen-bond acceptors (Lipinski definition) is 11. The van der Waals surface area contributed by atoms with E-state index < -0.39 is 63.5 Å². The number of Topliss-reactive ketones (excluding diaryl/α,β-unsaturated/α-hetero) is 1. The number of rotatable bonds is 8. The van der Waals surface area contributed by atoms with Crippen LogP contribution in [0.1, 0.15) is 25.7 Å². The molecule has 0 unspecified atom stereocenters. The Balaban J connectivity index is 1.52. The average Bonchev–Trinajstić information content (AvgIpc) is 3.44. The molecule has 4 heterocycles. The van der Waals surface area contributed by atoms with Crippen molar-refractivity contribution in [2.75, 3.05) is 59.1 Å². The van der Waals surface area contributed by atoms with E-state index in [0.29, 0.717) is 25.7 Å². The van der Waals surface area contributed by atoms with Crippen LogP contribution in [0.25, 0.3) is 0 Å². The van der Waals surface area contributed by atoms with Crippen LogP contribution < -0.4 is 0 Å². The minimum absolute atomic E-state index is 0.00613. The molecule has 11 nitrogen and oxygen atoms in total. The molecule has 0 radical (unpaired) electrons. The van der Waals surface area contributed by atoms with Crippen molar-refractivity contribution >= 4 is 45.1 Å². The molecule has 4 saturated heterocycles. The molecule has 4 rings (SSSR count). The van der Waals surface area contributed by atoms with Gasteiger partial charge in [-0.15, -0.1) is 0 Å². The van der Waals surface area contributed by atoms with Gasteiger partial charge in [-0.1, -0.05) is 0 Å². The van der Waals surface area contributed by atoms with Gasteiger partial charge >= 0.3 is 0 Å². The predicted octanol–water partition coefficient (Wildman–Crippen LogP) is -2.09. The molecule has 34 heavy (non-hydrogen) atoms. The van der Waals surface area contributed by atoms with Gasteiger partial charge in [0, 0.05) is 24.2 Å². The Kier molecular flexibility index (Phi) is 7.28. The normalized spacial score (nSPS) is 35.8. The van der Waals surface area contributed by atoms with Crippen LogP contribution in [-0.4, -0.2) is 133 Å². The highest BCUT2D eigenvalue weighted by molar-refractivity contribution is 7.92. The summed E-state index contributed by atoms with van der Waals surface area (Å²) < 4.78 is 96.6. The van der Waals surface area contributed by atoms with Crippen LogP contribution in [0.3, 0.4) is 0 Å². The van der Waals surface area contributed by atoms with Gasteiger partial charge in [-0.2, -0.15) is 0 Å². The van der Waals surface area contributed by atoms with Crippen molar-refractivity contribution in [2.45, 2.75) is 49.9 Å². The molecular weight excluding hydrogens is 528 g/mol. The Hall–Kier alpha value is -0.610. The van der Waals surface area contributed by atoms with E-state index in [0.717, 1.165) is 0 Å². The van der Waals surface area contributed by atoms with E-state index in [2.05, 4.69) is 0 Å². The van der Waals surface area contributed by atoms with E-state index in [1.807, 2.05) is 0 Å². The lowest BCUT2D eigenvalue weighted by atomic mass is 10.1. The van der Waals surface area contributed by atoms with Gasteiger partial charge in [-0.3, -0.25) is 14.6 Å². The summed E-state index contributed by atoms with van der Waals surface area (Å²) in [5.74, 6) is -0.805. The summed E-state index contributed by atoms with van der Waals surface area (Å²) in [7, 11) is -13.0. The average molecular weight is 561 g/mol. The van der Waals surface area contributed by atoms with E-state index in [4.69, 9.17) is 0 Å². The molecule has 0 aliphatic carbocycles. The molecule has 0 amide bonds. The highest BCUT2D eigenvalue weighted by atomic mass is 32.2. The number of nitrogens with zero attached hydrogens (tertiary/aromatic N) is 2. The number of carbonyl (C=O) groups excluding carboxylic acids is 1. The Bertz CT molecular complexity index is 1060. The van der Waals surface area contributed by atoms with Gasteiger partial charge < -0.3 is 0 Å². The maximum atomic E-state index is 13.3. The fourth-order valence-electron chi connectivity index (χ4n) is 5.72. The fourth-order valence-corrected chi connectivity index (χ4v) is 12.7. The Morgan fingerprint density at radius 1 is 0.500 bits per heavy atom. The van der Waals surface area contributed by atoms with Crippen molar-refractivity contribution in [1.29, 1.82) is 0 Å². The molecule has 0 spiro atoms. The van der Waals surface area contributed by atoms with Gasteiger partial charge in [0.15, 0.2) is 45.1 Å². The number of hydrogen-bond donors (Lipinski definition) is 0. The van der Waals surface area contributed by atoms with Gasteiger partial charge in [-0.05, 0) is 25.7 Å². The smallest absolute Gasteiger partial charge is 0.160 e. The fraction of sp³-hybridized carbons (Fsp3) is 0.947. The molecule has 4 aliphatic rings. The first-order chi connectivity index (χ1) is 15.6. The quantitative estimate of drug-likeness (QED) is 0.320. The Labute approximate surface area is 201 Å². The van der Waals surface area contributed by atoms with Gasteiger partial charge in [0.25, 0.3) is 0 Å². The zero-order valence-electron chi connectivity index (χ0n) is 18.9. The minimum Gasteiger partial charge on any atom is -0.297 e. The van der Waals surface area contributed by atoms with Crippen molar-refractivity contribution in [2.24, 2.45) is 0 Å². The summed E-state index contributed by atoms with van der Waals surface area (Å²) in [4.78, 5) is 16.7. The molecule has 4 atom stereocenters. The molecular formula is C19H32N2O9S4. The van der Waals surface area contributed by atoms with Crippen LogP contribution in [0.2, 0.25) is 0 Å². The maximum Gasteiger partial charge on any atom is 0.160 e. The summed E-state index contributed by atoms with van der Waals surface area (Å²) >= 11 is 0. The molecule has 0 saturated carbocycles. The van der Waals surface area contributed by atoms with E-state index >= 15 is 0 Å². The van der Waals surface area contributed by atoms with Crippen LogP contribution in [0.15, 0.2) is 0 Å². The van der Waals surface area contributed by atoms with Gasteiger partial charge in [-0.25, -0.2) is 33.7 Å². The largest absolute Gasteiger partial charge is 0.297 e. The van der Waals surface area contributed by atoms with Crippen molar-refractivity contribution in [1.82, 2.24) is 9.80 Å². The van der Waals surface area contributed by atoms with Gasteiger partial charge in [0.05, 0.1) is 59.1 Å². The highest BCUT2D eigenvalue weighted by Gasteiger charge is 2.43. The van der Waals surface area contributed by atoms with Crippen LogP contribution in [0.4, 0.5) is 0 Å². The number of sulfone groups is 4. The summed E-state index contributed by atoms with van der Waals surface area (Å²) in [6.07, 6.45) is 1.32. The predicted molar refractivity (Wildman–Crippen MR) is 127 cm³/mol. The van der Waals surface area contributed by atoms with E-state index in [1.165, 1.54) is 0 Å². The summed E-state index contributed by atoms with van der Waals surface area (Å²) in [6, 6.07) is -1.78. The first kappa shape index (κ1) is 26.5. The van der Waals surface area contributed by atoms with Crippen LogP contribution in [0, 0.1) is 0 Å². The van der Waals surface area contributed by atoms with Crippen molar-refractivity contribution < 1.29 is 38.5 Å². The second-order valence-electron chi connectivity index (χ2n) is 10.1. The Morgan fingerprint density at radius 2 is 0.735 bits per heavy atom. The summed E-state index contributed by atoms with van der Waals surface area (Å²) in [5.41, 5.74) is 0. The van der Waals surface area contributed by atoms with Crippen molar-refractivity contribution in [3.05, 3.63) is 0 Å². The third-order valence-electron chi connectivity index (χ3n) is 7.43. The standard InChI is InChI=1S/C19H32N2O9S4/c22-19(9-20(15-1-5-31(23,24)11-15)16-2-6-32(25,26)12-16)10-21(17-3-7-33(27,28)13-17)18-4-8-34(29,30)14-18/h15-18H,1-14H2/t15-,16-,17-,18+/m1/s1. The van der Waals surface area contributed by atoms with E-state index in [-0.39, 0.29) is 64.9 Å². The van der Waals surface area contributed by atoms with Crippen molar-refractivity contribution in [3.63, 3.8) is 0 Å². The molecule has 15 heteroatoms. The van der Waals surface area contributed by atoms with Crippen molar-refractivity contribution in [3.8, 4) is 0 Å². The first-order valence-corrected chi connectivity index (χ1v) is 18.8. The first-order valence-electron chi connectivity index (χ1n) is 11.5. The van der Waals surface area contributed by atoms with E-state index in [9.17, 15) is 38.5 Å². The monoisotopic (exact) mass is 560 g/mol. The summed E-state index contributed by atoms with van der Waals surface area (Å²) in [5, 5.41) is 0. The Morgan fingerprint density at radius 3 is 0.912 bits per heavy atom. The zero-order valence-corrected chi connectivity index (χ0v) is 22.2. The second kappa shape index (κ2) is 9.36. The van der Waals surface area contributed by atoms with Gasteiger partial charge in [0.1, 0.15) is 0 Å². The lowest BCUT2D eigenvalue weighted by Crippen LogP contribution is -2.52. The van der Waals surface area contributed by atoms with Crippen LogP contribution >= 0.6 is 0 Å². The summed E-state index contributed by atoms with van der Waals surface area (Å²) in [6.45, 7) is -0.286. The molecule has 0 aromatic heterocycles. The molecule has 0 aromatic rings. The van der Waals surface area contributed by atoms with Crippen LogP contribution in [0.5, 0.6) is 0 Å². The maximum absolute atomic E-state index is 13.3. The molecule has 4 aliphatic heterocycles. The SMILES string of the molecule is O=C(CN([C@@H]1CCS(=O)(=O)C1)[C@@H]1CCS(=O)(=O)C1)CN([C@@H]1CCS(=O)(=O)C1)[C@H]1CCS(=O)(=O)C1. The molecule has 196 valence electrons. The molecule has 4 fully saturated rings. The third-order valence-corrected chi connectivity index (χ3v) is 14.4. The molecule has 0 aromatic carbocycles. The van der Waals surface area contributed by atoms with E-state index in [1.54, 1.807) is 9.80 Å². The lowest BCUT2D eigenvalue weighted by Gasteiger charge is -2.35. The van der Waals surface area contributed by atoms with Crippen LogP contribution in [-0.2, 0) is 44.1 Å². The second-order valence-corrected chi connectivity index (χ2v) is 19.0. The molecule has 0 bridgehead atoms. The molecule has 0 N–H and O–H groups in total. The lowest BCUT2D eigenvalue weighted by molar-refractivity contribution is -0.123. The topological polar surface area (TPSA) is 160 Å².